The molecule has 1 atom stereocenters. The Kier molecular flexibility index (Phi) is 4.80. The van der Waals surface area contributed by atoms with Crippen LogP contribution >= 0.6 is 0 Å². The van der Waals surface area contributed by atoms with Crippen LogP contribution in [0, 0.1) is 5.92 Å². The van der Waals surface area contributed by atoms with Crippen molar-refractivity contribution in [3.05, 3.63) is 0 Å². The Labute approximate surface area is 114 Å². The molecule has 0 aromatic heterocycles. The van der Waals surface area contributed by atoms with Crippen LogP contribution in [-0.2, 0) is 9.59 Å². The Bertz CT molecular complexity index is 338. The van der Waals surface area contributed by atoms with E-state index in [-0.39, 0.29) is 17.9 Å². The Morgan fingerprint density at radius 2 is 1.89 bits per heavy atom. The molecule has 1 unspecified atom stereocenters. The van der Waals surface area contributed by atoms with E-state index in [4.69, 9.17) is 5.73 Å². The molecule has 1 saturated heterocycles. The highest BCUT2D eigenvalue weighted by molar-refractivity contribution is 5.88. The van der Waals surface area contributed by atoms with Crippen LogP contribution in [0.15, 0.2) is 0 Å². The monoisotopic (exact) mass is 267 g/mol. The maximum Gasteiger partial charge on any atom is 0.242 e. The van der Waals surface area contributed by atoms with E-state index in [1.807, 2.05) is 0 Å². The molecule has 0 aromatic carbocycles. The standard InChI is InChI=1S/C14H25N3O2/c1-16-14(19)12-3-2-8-17(12)13(18)9-10-4-6-11(15)7-5-10/h10-12H,2-9,15H2,1H3,(H,16,19). The van der Waals surface area contributed by atoms with E-state index in [1.54, 1.807) is 11.9 Å². The molecule has 0 bridgehead atoms. The van der Waals surface area contributed by atoms with Crippen LogP contribution in [0.1, 0.15) is 44.9 Å². The van der Waals surface area contributed by atoms with E-state index in [1.165, 1.54) is 0 Å². The first-order chi connectivity index (χ1) is 9.11. The second-order valence-electron chi connectivity index (χ2n) is 5.84. The van der Waals surface area contributed by atoms with Crippen LogP contribution in [0.4, 0.5) is 0 Å². The summed E-state index contributed by atoms with van der Waals surface area (Å²) < 4.78 is 0. The average Bonchev–Trinajstić information content (AvgIpc) is 2.90. The van der Waals surface area contributed by atoms with Crippen LogP contribution in [-0.4, -0.2) is 42.4 Å². The van der Waals surface area contributed by atoms with E-state index in [0.29, 0.717) is 18.4 Å². The maximum atomic E-state index is 12.3. The van der Waals surface area contributed by atoms with Crippen molar-refractivity contribution in [3.63, 3.8) is 0 Å². The second kappa shape index (κ2) is 6.37. The van der Waals surface area contributed by atoms with Crippen LogP contribution in [0.2, 0.25) is 0 Å². The van der Waals surface area contributed by atoms with Gasteiger partial charge >= 0.3 is 0 Å². The summed E-state index contributed by atoms with van der Waals surface area (Å²) in [5, 5.41) is 2.65. The molecule has 1 heterocycles. The molecule has 108 valence electrons. The highest BCUT2D eigenvalue weighted by Crippen LogP contribution is 2.28. The zero-order valence-electron chi connectivity index (χ0n) is 11.7. The Balaban J connectivity index is 1.87. The number of amides is 2. The van der Waals surface area contributed by atoms with Gasteiger partial charge in [-0.05, 0) is 44.4 Å². The first kappa shape index (κ1) is 14.3. The van der Waals surface area contributed by atoms with Crippen molar-refractivity contribution in [2.24, 2.45) is 11.7 Å². The molecule has 2 fully saturated rings. The van der Waals surface area contributed by atoms with Crippen LogP contribution in [0.25, 0.3) is 0 Å². The van der Waals surface area contributed by atoms with E-state index in [0.717, 1.165) is 45.1 Å². The topological polar surface area (TPSA) is 75.4 Å². The lowest BCUT2D eigenvalue weighted by molar-refractivity contribution is -0.139. The van der Waals surface area contributed by atoms with Gasteiger partial charge in [-0.2, -0.15) is 0 Å². The molecule has 0 spiro atoms. The fourth-order valence-electron chi connectivity index (χ4n) is 3.26. The SMILES string of the molecule is CNC(=O)C1CCCN1C(=O)CC1CCC(N)CC1. The molecular formula is C14H25N3O2. The third kappa shape index (κ3) is 3.47. The van der Waals surface area contributed by atoms with Crippen LogP contribution < -0.4 is 11.1 Å². The minimum absolute atomic E-state index is 0.0310. The van der Waals surface area contributed by atoms with Crippen LogP contribution in [0.3, 0.4) is 0 Å². The highest BCUT2D eigenvalue weighted by atomic mass is 16.2. The molecule has 2 amide bonds. The Morgan fingerprint density at radius 3 is 2.53 bits per heavy atom. The summed E-state index contributed by atoms with van der Waals surface area (Å²) in [6.07, 6.45) is 6.45. The number of nitrogens with zero attached hydrogens (tertiary/aromatic N) is 1. The molecule has 19 heavy (non-hydrogen) atoms. The first-order valence-electron chi connectivity index (χ1n) is 7.38. The number of hydrogen-bond donors (Lipinski definition) is 2. The summed E-state index contributed by atoms with van der Waals surface area (Å²) >= 11 is 0. The predicted octanol–water partition coefficient (Wildman–Crippen LogP) is 0.631. The van der Waals surface area contributed by atoms with Crippen LogP contribution in [0.5, 0.6) is 0 Å². The van der Waals surface area contributed by atoms with Gasteiger partial charge < -0.3 is 16.0 Å². The Morgan fingerprint density at radius 1 is 1.21 bits per heavy atom. The quantitative estimate of drug-likeness (QED) is 0.787. The molecule has 5 heteroatoms. The third-order valence-corrected chi connectivity index (χ3v) is 4.48. The normalized spacial score (nSPS) is 31.3. The molecule has 2 aliphatic rings. The van der Waals surface area contributed by atoms with Crippen molar-refractivity contribution in [2.75, 3.05) is 13.6 Å². The summed E-state index contributed by atoms with van der Waals surface area (Å²) in [7, 11) is 1.63. The number of carbonyl (C=O) groups is 2. The number of nitrogens with two attached hydrogens (primary N) is 1. The summed E-state index contributed by atoms with van der Waals surface area (Å²) in [4.78, 5) is 25.9. The highest BCUT2D eigenvalue weighted by Gasteiger charge is 2.34. The summed E-state index contributed by atoms with van der Waals surface area (Å²) in [6.45, 7) is 0.725. The average molecular weight is 267 g/mol. The number of rotatable bonds is 3. The number of likely N-dealkylation sites (tertiary alicyclic amines) is 1. The zero-order valence-corrected chi connectivity index (χ0v) is 11.7. The first-order valence-corrected chi connectivity index (χ1v) is 7.38. The fraction of sp³-hybridized carbons (Fsp3) is 0.857. The van der Waals surface area contributed by atoms with Gasteiger partial charge in [0.05, 0.1) is 0 Å². The van der Waals surface area contributed by atoms with Gasteiger partial charge in [0.15, 0.2) is 0 Å². The molecular weight excluding hydrogens is 242 g/mol. The Hall–Kier alpha value is -1.10. The molecule has 1 aliphatic carbocycles. The van der Waals surface area contributed by atoms with Crippen molar-refractivity contribution < 1.29 is 9.59 Å². The predicted molar refractivity (Wildman–Crippen MR) is 73.4 cm³/mol. The van der Waals surface area contributed by atoms with Crippen molar-refractivity contribution in [1.82, 2.24) is 10.2 Å². The molecule has 0 radical (unpaired) electrons. The van der Waals surface area contributed by atoms with Gasteiger partial charge in [0.1, 0.15) is 6.04 Å². The number of nitrogens with one attached hydrogen (secondary N) is 1. The lowest BCUT2D eigenvalue weighted by Gasteiger charge is -2.29. The fourth-order valence-corrected chi connectivity index (χ4v) is 3.26. The summed E-state index contributed by atoms with van der Waals surface area (Å²) in [6, 6.07) is 0.0695. The maximum absolute atomic E-state index is 12.3. The van der Waals surface area contributed by atoms with Gasteiger partial charge in [0.2, 0.25) is 11.8 Å². The summed E-state index contributed by atoms with van der Waals surface area (Å²) in [5.74, 6) is 0.571. The molecule has 3 N–H and O–H groups in total. The smallest absolute Gasteiger partial charge is 0.242 e. The molecule has 2 rings (SSSR count). The van der Waals surface area contributed by atoms with Gasteiger partial charge in [-0.25, -0.2) is 0 Å². The van der Waals surface area contributed by atoms with Crippen molar-refractivity contribution >= 4 is 11.8 Å². The minimum atomic E-state index is -0.247. The van der Waals surface area contributed by atoms with Gasteiger partial charge in [-0.3, -0.25) is 9.59 Å². The molecule has 1 saturated carbocycles. The minimum Gasteiger partial charge on any atom is -0.357 e. The third-order valence-electron chi connectivity index (χ3n) is 4.48. The van der Waals surface area contributed by atoms with E-state index in [2.05, 4.69) is 5.32 Å². The van der Waals surface area contributed by atoms with Gasteiger partial charge in [0, 0.05) is 26.1 Å². The van der Waals surface area contributed by atoms with Crippen molar-refractivity contribution in [1.29, 1.82) is 0 Å². The van der Waals surface area contributed by atoms with Gasteiger partial charge in [-0.15, -0.1) is 0 Å². The number of carbonyl (C=O) groups excluding carboxylic acids is 2. The van der Waals surface area contributed by atoms with Gasteiger partial charge in [0.25, 0.3) is 0 Å². The largest absolute Gasteiger partial charge is 0.357 e. The van der Waals surface area contributed by atoms with Crippen molar-refractivity contribution in [2.45, 2.75) is 57.0 Å². The van der Waals surface area contributed by atoms with Crippen molar-refractivity contribution in [3.8, 4) is 0 Å². The summed E-state index contributed by atoms with van der Waals surface area (Å²) in [5.41, 5.74) is 5.88. The van der Waals surface area contributed by atoms with E-state index >= 15 is 0 Å². The number of hydrogen-bond acceptors (Lipinski definition) is 3. The molecule has 0 aromatic rings. The zero-order chi connectivity index (χ0) is 13.8. The molecule has 1 aliphatic heterocycles. The lowest BCUT2D eigenvalue weighted by Crippen LogP contribution is -2.45. The molecule has 5 nitrogen and oxygen atoms in total. The van der Waals surface area contributed by atoms with E-state index in [9.17, 15) is 9.59 Å². The second-order valence-corrected chi connectivity index (χ2v) is 5.84. The lowest BCUT2D eigenvalue weighted by atomic mass is 9.84. The number of likely N-dealkylation sites (N-methyl/N-ethyl adjacent to an activating group) is 1. The van der Waals surface area contributed by atoms with Gasteiger partial charge in [-0.1, -0.05) is 0 Å². The van der Waals surface area contributed by atoms with E-state index < -0.39 is 0 Å².